The molecular formula is C12H13NO. The predicted molar refractivity (Wildman–Crippen MR) is 57.2 cm³/mol. The molecule has 0 unspecified atom stereocenters. The van der Waals surface area contributed by atoms with E-state index in [2.05, 4.69) is 11.9 Å². The smallest absolute Gasteiger partial charge is 0.251 e. The van der Waals surface area contributed by atoms with Crippen LogP contribution in [0.5, 0.6) is 0 Å². The molecule has 0 saturated heterocycles. The Morgan fingerprint density at radius 1 is 1.50 bits per heavy atom. The van der Waals surface area contributed by atoms with Crippen LogP contribution in [0.25, 0.3) is 5.57 Å². The Hall–Kier alpha value is -1.57. The maximum Gasteiger partial charge on any atom is 0.251 e. The molecule has 14 heavy (non-hydrogen) atoms. The second kappa shape index (κ2) is 3.29. The molecule has 1 N–H and O–H groups in total. The summed E-state index contributed by atoms with van der Waals surface area (Å²) in [6.07, 6.45) is 0.928. The van der Waals surface area contributed by atoms with E-state index in [-0.39, 0.29) is 5.91 Å². The van der Waals surface area contributed by atoms with E-state index in [0.717, 1.165) is 35.2 Å². The number of amides is 1. The molecule has 2 rings (SSSR count). The lowest BCUT2D eigenvalue weighted by Gasteiger charge is -2.17. The summed E-state index contributed by atoms with van der Waals surface area (Å²) < 4.78 is 0. The Balaban J connectivity index is 2.51. The Morgan fingerprint density at radius 2 is 2.29 bits per heavy atom. The molecule has 0 spiro atoms. The highest BCUT2D eigenvalue weighted by atomic mass is 16.1. The highest BCUT2D eigenvalue weighted by molar-refractivity contribution is 5.97. The normalized spacial score (nSPS) is 14.5. The first kappa shape index (κ1) is 9.00. The fraction of sp³-hybridized carbons (Fsp3) is 0.250. The van der Waals surface area contributed by atoms with Crippen LogP contribution in [0.2, 0.25) is 0 Å². The van der Waals surface area contributed by atoms with Gasteiger partial charge in [0.1, 0.15) is 0 Å². The SMILES string of the molecule is C=C(C)c1ccc2c(c1)C(=O)NCC2. The van der Waals surface area contributed by atoms with E-state index in [1.807, 2.05) is 25.1 Å². The second-order valence-electron chi connectivity index (χ2n) is 3.66. The van der Waals surface area contributed by atoms with Crippen molar-refractivity contribution in [1.82, 2.24) is 5.32 Å². The van der Waals surface area contributed by atoms with Gasteiger partial charge in [-0.15, -0.1) is 0 Å². The van der Waals surface area contributed by atoms with Crippen molar-refractivity contribution in [2.45, 2.75) is 13.3 Å². The zero-order valence-corrected chi connectivity index (χ0v) is 8.26. The van der Waals surface area contributed by atoms with Crippen LogP contribution in [0, 0.1) is 0 Å². The molecule has 1 aliphatic rings. The Bertz CT molecular complexity index is 407. The fourth-order valence-electron chi connectivity index (χ4n) is 1.68. The first-order valence-corrected chi connectivity index (χ1v) is 4.75. The summed E-state index contributed by atoms with van der Waals surface area (Å²) in [5.41, 5.74) is 3.97. The van der Waals surface area contributed by atoms with E-state index >= 15 is 0 Å². The molecule has 2 nitrogen and oxygen atoms in total. The minimum Gasteiger partial charge on any atom is -0.352 e. The van der Waals surface area contributed by atoms with E-state index in [4.69, 9.17) is 0 Å². The number of hydrogen-bond donors (Lipinski definition) is 1. The zero-order chi connectivity index (χ0) is 10.1. The van der Waals surface area contributed by atoms with Gasteiger partial charge in [0.2, 0.25) is 0 Å². The van der Waals surface area contributed by atoms with Gasteiger partial charge in [0.15, 0.2) is 0 Å². The van der Waals surface area contributed by atoms with E-state index in [9.17, 15) is 4.79 Å². The minimum atomic E-state index is 0.0364. The van der Waals surface area contributed by atoms with Gasteiger partial charge >= 0.3 is 0 Å². The summed E-state index contributed by atoms with van der Waals surface area (Å²) in [5, 5.41) is 2.84. The van der Waals surface area contributed by atoms with Gasteiger partial charge < -0.3 is 5.32 Å². The number of fused-ring (bicyclic) bond motifs is 1. The third kappa shape index (κ3) is 1.43. The van der Waals surface area contributed by atoms with Crippen molar-refractivity contribution in [2.24, 2.45) is 0 Å². The second-order valence-corrected chi connectivity index (χ2v) is 3.66. The molecule has 1 aromatic carbocycles. The lowest BCUT2D eigenvalue weighted by Crippen LogP contribution is -2.31. The van der Waals surface area contributed by atoms with Gasteiger partial charge in [-0.3, -0.25) is 4.79 Å². The van der Waals surface area contributed by atoms with Crippen LogP contribution in [0.3, 0.4) is 0 Å². The predicted octanol–water partition coefficient (Wildman–Crippen LogP) is 2.01. The van der Waals surface area contributed by atoms with Crippen molar-refractivity contribution in [3.8, 4) is 0 Å². The monoisotopic (exact) mass is 187 g/mol. The standard InChI is InChI=1S/C12H13NO/c1-8(2)10-4-3-9-5-6-13-12(14)11(9)7-10/h3-4,7H,1,5-6H2,2H3,(H,13,14). The summed E-state index contributed by atoms with van der Waals surface area (Å²) >= 11 is 0. The van der Waals surface area contributed by atoms with E-state index in [0.29, 0.717) is 0 Å². The van der Waals surface area contributed by atoms with Gasteiger partial charge in [-0.05, 0) is 30.5 Å². The number of allylic oxidation sites excluding steroid dienone is 1. The highest BCUT2D eigenvalue weighted by Crippen LogP contribution is 2.19. The third-order valence-corrected chi connectivity index (χ3v) is 2.53. The number of carbonyl (C=O) groups is 1. The molecule has 1 amide bonds. The van der Waals surface area contributed by atoms with Crippen molar-refractivity contribution >= 4 is 11.5 Å². The van der Waals surface area contributed by atoms with Crippen LogP contribution in [0.4, 0.5) is 0 Å². The molecule has 0 fully saturated rings. The quantitative estimate of drug-likeness (QED) is 0.716. The Labute approximate surface area is 83.6 Å². The van der Waals surface area contributed by atoms with E-state index in [1.54, 1.807) is 0 Å². The molecule has 1 aliphatic heterocycles. The molecule has 1 heterocycles. The van der Waals surface area contributed by atoms with Gasteiger partial charge in [-0.1, -0.05) is 24.3 Å². The number of nitrogens with one attached hydrogen (secondary N) is 1. The molecule has 72 valence electrons. The van der Waals surface area contributed by atoms with Gasteiger partial charge in [-0.2, -0.15) is 0 Å². The number of carbonyl (C=O) groups excluding carboxylic acids is 1. The van der Waals surface area contributed by atoms with Crippen LogP contribution in [-0.4, -0.2) is 12.5 Å². The van der Waals surface area contributed by atoms with Crippen molar-refractivity contribution in [1.29, 1.82) is 0 Å². The molecule has 0 aliphatic carbocycles. The summed E-state index contributed by atoms with van der Waals surface area (Å²) in [6, 6.07) is 5.98. The molecule has 0 saturated carbocycles. The van der Waals surface area contributed by atoms with Crippen molar-refractivity contribution in [3.05, 3.63) is 41.5 Å². The maximum atomic E-state index is 11.5. The van der Waals surface area contributed by atoms with Crippen molar-refractivity contribution in [3.63, 3.8) is 0 Å². The minimum absolute atomic E-state index is 0.0364. The topological polar surface area (TPSA) is 29.1 Å². The molecular weight excluding hydrogens is 174 g/mol. The highest BCUT2D eigenvalue weighted by Gasteiger charge is 2.16. The Kier molecular flexibility index (Phi) is 2.12. The largest absolute Gasteiger partial charge is 0.352 e. The van der Waals surface area contributed by atoms with Gasteiger partial charge in [0.25, 0.3) is 5.91 Å². The van der Waals surface area contributed by atoms with Crippen LogP contribution >= 0.6 is 0 Å². The molecule has 1 aromatic rings. The van der Waals surface area contributed by atoms with E-state index < -0.39 is 0 Å². The maximum absolute atomic E-state index is 11.5. The molecule has 2 heteroatoms. The molecule has 0 bridgehead atoms. The Morgan fingerprint density at radius 3 is 3.00 bits per heavy atom. The lowest BCUT2D eigenvalue weighted by molar-refractivity contribution is 0.0946. The molecule has 0 aromatic heterocycles. The van der Waals surface area contributed by atoms with Gasteiger partial charge in [-0.25, -0.2) is 0 Å². The molecule has 0 atom stereocenters. The lowest BCUT2D eigenvalue weighted by atomic mass is 9.96. The van der Waals surface area contributed by atoms with Gasteiger partial charge in [0, 0.05) is 12.1 Å². The van der Waals surface area contributed by atoms with Crippen molar-refractivity contribution < 1.29 is 4.79 Å². The first-order chi connectivity index (χ1) is 6.68. The third-order valence-electron chi connectivity index (χ3n) is 2.53. The summed E-state index contributed by atoms with van der Waals surface area (Å²) in [4.78, 5) is 11.5. The van der Waals surface area contributed by atoms with Crippen LogP contribution in [0.1, 0.15) is 28.4 Å². The first-order valence-electron chi connectivity index (χ1n) is 4.75. The fourth-order valence-corrected chi connectivity index (χ4v) is 1.68. The molecule has 0 radical (unpaired) electrons. The number of hydrogen-bond acceptors (Lipinski definition) is 1. The van der Waals surface area contributed by atoms with Crippen LogP contribution < -0.4 is 5.32 Å². The van der Waals surface area contributed by atoms with E-state index in [1.165, 1.54) is 0 Å². The summed E-state index contributed by atoms with van der Waals surface area (Å²) in [5.74, 6) is 0.0364. The number of rotatable bonds is 1. The van der Waals surface area contributed by atoms with Crippen LogP contribution in [-0.2, 0) is 6.42 Å². The van der Waals surface area contributed by atoms with Crippen molar-refractivity contribution in [2.75, 3.05) is 6.54 Å². The van der Waals surface area contributed by atoms with Crippen LogP contribution in [0.15, 0.2) is 24.8 Å². The number of benzene rings is 1. The average Bonchev–Trinajstić information content (AvgIpc) is 2.18. The average molecular weight is 187 g/mol. The van der Waals surface area contributed by atoms with Gasteiger partial charge in [0.05, 0.1) is 0 Å². The zero-order valence-electron chi connectivity index (χ0n) is 8.26. The summed E-state index contributed by atoms with van der Waals surface area (Å²) in [7, 11) is 0. The summed E-state index contributed by atoms with van der Waals surface area (Å²) in [6.45, 7) is 6.56.